The zero-order valence-electron chi connectivity index (χ0n) is 19.4. The van der Waals surface area contributed by atoms with Crippen molar-refractivity contribution in [3.8, 4) is 10.4 Å². The van der Waals surface area contributed by atoms with Gasteiger partial charge in [-0.15, -0.1) is 11.3 Å². The summed E-state index contributed by atoms with van der Waals surface area (Å²) in [6, 6.07) is 6.64. The van der Waals surface area contributed by atoms with E-state index in [-0.39, 0.29) is 17.7 Å². The van der Waals surface area contributed by atoms with Crippen molar-refractivity contribution in [2.24, 2.45) is 5.14 Å². The monoisotopic (exact) mass is 489 g/mol. The van der Waals surface area contributed by atoms with E-state index in [1.165, 1.54) is 6.92 Å². The summed E-state index contributed by atoms with van der Waals surface area (Å²) in [6.45, 7) is 7.81. The van der Waals surface area contributed by atoms with E-state index >= 15 is 0 Å². The van der Waals surface area contributed by atoms with E-state index in [1.807, 2.05) is 36.7 Å². The molecule has 0 bridgehead atoms. The van der Waals surface area contributed by atoms with Crippen molar-refractivity contribution in [1.82, 2.24) is 20.5 Å². The maximum atomic E-state index is 13.3. The summed E-state index contributed by atoms with van der Waals surface area (Å²) in [6.07, 6.45) is 1.32. The van der Waals surface area contributed by atoms with E-state index in [0.717, 1.165) is 40.1 Å². The molecule has 1 fully saturated rings. The molecule has 2 aromatic rings. The van der Waals surface area contributed by atoms with E-state index in [4.69, 9.17) is 5.14 Å². The molecule has 178 valence electrons. The topological polar surface area (TPSA) is 117 Å². The molecule has 0 radical (unpaired) electrons. The number of aryl methyl sites for hydroxylation is 1. The fourth-order valence-electron chi connectivity index (χ4n) is 3.93. The van der Waals surface area contributed by atoms with E-state index in [2.05, 4.69) is 15.6 Å². The summed E-state index contributed by atoms with van der Waals surface area (Å²) < 4.78 is -0.718. The molecule has 0 spiro atoms. The Morgan fingerprint density at radius 3 is 2.58 bits per heavy atom. The molecule has 8 nitrogen and oxygen atoms in total. The standard InChI is InChI=1S/C23H31N5O3S2/c1-14-19(32-13-26-14)17-9-7-16(8-10-17)12-25-21(30)18-6-5-11-28(18)22(31)20(27-15(2)29)23(3,4)33-24/h7-10,13,18,20H,5-6,11-12,24H2,1-4H3,(H,25,30)(H,27,29). The quantitative estimate of drug-likeness (QED) is 0.491. The van der Waals surface area contributed by atoms with Gasteiger partial charge in [0.25, 0.3) is 0 Å². The molecule has 4 N–H and O–H groups in total. The van der Waals surface area contributed by atoms with Crippen LogP contribution in [0.2, 0.25) is 0 Å². The Hall–Kier alpha value is -2.43. The molecule has 2 atom stereocenters. The van der Waals surface area contributed by atoms with E-state index in [1.54, 1.807) is 30.1 Å². The van der Waals surface area contributed by atoms with Crippen molar-refractivity contribution in [2.45, 2.75) is 63.9 Å². The van der Waals surface area contributed by atoms with Gasteiger partial charge in [0.15, 0.2) is 0 Å². The molecule has 33 heavy (non-hydrogen) atoms. The molecule has 1 aromatic carbocycles. The number of carbonyl (C=O) groups is 3. The average molecular weight is 490 g/mol. The van der Waals surface area contributed by atoms with Gasteiger partial charge in [0, 0.05) is 20.0 Å². The number of thiazole rings is 1. The molecule has 1 aliphatic heterocycles. The van der Waals surface area contributed by atoms with Crippen LogP contribution in [0.3, 0.4) is 0 Å². The average Bonchev–Trinajstić information content (AvgIpc) is 3.45. The number of benzene rings is 1. The molecule has 3 rings (SSSR count). The van der Waals surface area contributed by atoms with Gasteiger partial charge in [0.2, 0.25) is 17.7 Å². The summed E-state index contributed by atoms with van der Waals surface area (Å²) in [5.74, 6) is -0.786. The summed E-state index contributed by atoms with van der Waals surface area (Å²) >= 11 is 2.62. The molecule has 1 aromatic heterocycles. The molecule has 2 unspecified atom stereocenters. The number of likely N-dealkylation sites (tertiary alicyclic amines) is 1. The predicted molar refractivity (Wildman–Crippen MR) is 132 cm³/mol. The second-order valence-corrected chi connectivity index (χ2v) is 10.9. The van der Waals surface area contributed by atoms with Gasteiger partial charge >= 0.3 is 0 Å². The maximum Gasteiger partial charge on any atom is 0.247 e. The van der Waals surface area contributed by atoms with Gasteiger partial charge in [-0.05, 0) is 44.7 Å². The van der Waals surface area contributed by atoms with Crippen LogP contribution in [0.15, 0.2) is 29.8 Å². The van der Waals surface area contributed by atoms with Crippen molar-refractivity contribution in [1.29, 1.82) is 0 Å². The summed E-state index contributed by atoms with van der Waals surface area (Å²) in [4.78, 5) is 45.0. The Balaban J connectivity index is 1.65. The second-order valence-electron chi connectivity index (χ2n) is 8.73. The van der Waals surface area contributed by atoms with Crippen LogP contribution in [-0.4, -0.2) is 51.0 Å². The molecule has 1 aliphatic rings. The number of hydrogen-bond acceptors (Lipinski definition) is 7. The van der Waals surface area contributed by atoms with Crippen LogP contribution in [0.5, 0.6) is 0 Å². The maximum absolute atomic E-state index is 13.3. The summed E-state index contributed by atoms with van der Waals surface area (Å²) in [5.41, 5.74) is 4.90. The fourth-order valence-corrected chi connectivity index (χ4v) is 5.04. The minimum atomic E-state index is -0.818. The van der Waals surface area contributed by atoms with Crippen molar-refractivity contribution >= 4 is 41.0 Å². The lowest BCUT2D eigenvalue weighted by atomic mass is 10.0. The molecule has 1 saturated heterocycles. The van der Waals surface area contributed by atoms with Crippen LogP contribution in [0.1, 0.15) is 44.9 Å². The Labute approximate surface area is 202 Å². The third-order valence-electron chi connectivity index (χ3n) is 5.86. The first-order valence-electron chi connectivity index (χ1n) is 10.9. The van der Waals surface area contributed by atoms with Gasteiger partial charge < -0.3 is 15.5 Å². The Bertz CT molecular complexity index is 1010. The highest BCUT2D eigenvalue weighted by Crippen LogP contribution is 2.29. The van der Waals surface area contributed by atoms with Gasteiger partial charge in [0.05, 0.1) is 20.8 Å². The Morgan fingerprint density at radius 1 is 1.30 bits per heavy atom. The largest absolute Gasteiger partial charge is 0.350 e. The van der Waals surface area contributed by atoms with Crippen molar-refractivity contribution in [3.05, 3.63) is 41.0 Å². The highest BCUT2D eigenvalue weighted by Gasteiger charge is 2.43. The molecule has 10 heteroatoms. The van der Waals surface area contributed by atoms with E-state index < -0.39 is 16.8 Å². The van der Waals surface area contributed by atoms with Crippen LogP contribution >= 0.6 is 23.3 Å². The molecule has 0 saturated carbocycles. The molecule has 2 heterocycles. The first-order chi connectivity index (χ1) is 15.6. The SMILES string of the molecule is CC(=O)NC(C(=O)N1CCCC1C(=O)NCc1ccc(-c2scnc2C)cc1)C(C)(C)SN. The first-order valence-corrected chi connectivity index (χ1v) is 12.6. The Morgan fingerprint density at radius 2 is 2.00 bits per heavy atom. The third-order valence-corrected chi connectivity index (χ3v) is 7.68. The number of nitrogens with two attached hydrogens (primary N) is 1. The van der Waals surface area contributed by atoms with Gasteiger partial charge in [-0.1, -0.05) is 36.2 Å². The van der Waals surface area contributed by atoms with Gasteiger partial charge in [0.1, 0.15) is 12.1 Å². The first kappa shape index (κ1) is 25.2. The molecular weight excluding hydrogens is 458 g/mol. The number of rotatable bonds is 8. The van der Waals surface area contributed by atoms with Crippen LogP contribution in [-0.2, 0) is 20.9 Å². The third kappa shape index (κ3) is 5.93. The van der Waals surface area contributed by atoms with Crippen LogP contribution in [0.4, 0.5) is 0 Å². The lowest BCUT2D eigenvalue weighted by Crippen LogP contribution is -2.59. The lowest BCUT2D eigenvalue weighted by Gasteiger charge is -2.36. The van der Waals surface area contributed by atoms with Crippen molar-refractivity contribution < 1.29 is 14.4 Å². The fraction of sp³-hybridized carbons (Fsp3) is 0.478. The summed E-state index contributed by atoms with van der Waals surface area (Å²) in [5, 5.41) is 11.5. The molecular formula is C23H31N5O3S2. The molecule has 0 aliphatic carbocycles. The zero-order chi connectivity index (χ0) is 24.2. The second kappa shape index (κ2) is 10.7. The van der Waals surface area contributed by atoms with Crippen molar-refractivity contribution in [2.75, 3.05) is 6.54 Å². The highest BCUT2D eigenvalue weighted by atomic mass is 32.2. The van der Waals surface area contributed by atoms with Crippen LogP contribution in [0, 0.1) is 6.92 Å². The minimum Gasteiger partial charge on any atom is -0.350 e. The van der Waals surface area contributed by atoms with Crippen LogP contribution < -0.4 is 15.8 Å². The zero-order valence-corrected chi connectivity index (χ0v) is 21.0. The van der Waals surface area contributed by atoms with Crippen LogP contribution in [0.25, 0.3) is 10.4 Å². The van der Waals surface area contributed by atoms with Crippen molar-refractivity contribution in [3.63, 3.8) is 0 Å². The molecule has 3 amide bonds. The number of hydrogen-bond donors (Lipinski definition) is 3. The lowest BCUT2D eigenvalue weighted by molar-refractivity contribution is -0.141. The minimum absolute atomic E-state index is 0.192. The highest BCUT2D eigenvalue weighted by molar-refractivity contribution is 7.98. The predicted octanol–water partition coefficient (Wildman–Crippen LogP) is 2.62. The number of aromatic nitrogens is 1. The smallest absolute Gasteiger partial charge is 0.247 e. The van der Waals surface area contributed by atoms with Gasteiger partial charge in [-0.2, -0.15) is 0 Å². The van der Waals surface area contributed by atoms with E-state index in [0.29, 0.717) is 19.5 Å². The van der Waals surface area contributed by atoms with Gasteiger partial charge in [-0.25, -0.2) is 4.98 Å². The number of carbonyl (C=O) groups excluding carboxylic acids is 3. The Kier molecular flexibility index (Phi) is 8.14. The number of nitrogens with one attached hydrogen (secondary N) is 2. The van der Waals surface area contributed by atoms with Gasteiger partial charge in [-0.3, -0.25) is 19.5 Å². The van der Waals surface area contributed by atoms with E-state index in [9.17, 15) is 14.4 Å². The number of nitrogens with zero attached hydrogens (tertiary/aromatic N) is 2. The normalized spacial score (nSPS) is 17.0. The number of amides is 3. The summed E-state index contributed by atoms with van der Waals surface area (Å²) in [7, 11) is 0.